The van der Waals surface area contributed by atoms with Crippen molar-refractivity contribution in [2.45, 2.75) is 29.9 Å². The lowest BCUT2D eigenvalue weighted by Crippen LogP contribution is -2.14. The summed E-state index contributed by atoms with van der Waals surface area (Å²) >= 11 is 0. The quantitative estimate of drug-likeness (QED) is 0.716. The van der Waals surface area contributed by atoms with Crippen LogP contribution in [0.5, 0.6) is 0 Å². The van der Waals surface area contributed by atoms with Crippen molar-refractivity contribution in [1.29, 1.82) is 0 Å². The molecule has 1 aromatic heterocycles. The average Bonchev–Trinajstić information content (AvgIpc) is 3.04. The predicted molar refractivity (Wildman–Crippen MR) is 84.6 cm³/mol. The maximum Gasteiger partial charge on any atom is 0.272 e. The molecule has 0 saturated carbocycles. The van der Waals surface area contributed by atoms with Crippen LogP contribution in [0, 0.1) is 6.92 Å². The molecule has 0 aliphatic heterocycles. The van der Waals surface area contributed by atoms with Gasteiger partial charge in [-0.2, -0.15) is 0 Å². The highest BCUT2D eigenvalue weighted by Gasteiger charge is 2.25. The number of aromatic nitrogens is 4. The van der Waals surface area contributed by atoms with E-state index in [1.54, 1.807) is 24.3 Å². The first kappa shape index (κ1) is 15.4. The molecule has 7 heteroatoms. The SMILES string of the molecule is Cc1ccc(S(=O)(=O)c2nnnn2CCc2ccccc2)cc1. The van der Waals surface area contributed by atoms with Gasteiger partial charge in [0.15, 0.2) is 0 Å². The van der Waals surface area contributed by atoms with Crippen molar-refractivity contribution in [3.63, 3.8) is 0 Å². The van der Waals surface area contributed by atoms with E-state index in [-0.39, 0.29) is 10.1 Å². The minimum absolute atomic E-state index is 0.128. The normalized spacial score (nSPS) is 11.5. The summed E-state index contributed by atoms with van der Waals surface area (Å²) in [5.41, 5.74) is 2.09. The molecule has 0 atom stereocenters. The van der Waals surface area contributed by atoms with Crippen molar-refractivity contribution in [1.82, 2.24) is 20.2 Å². The number of rotatable bonds is 5. The van der Waals surface area contributed by atoms with Crippen LogP contribution in [0.25, 0.3) is 0 Å². The average molecular weight is 328 g/mol. The van der Waals surface area contributed by atoms with E-state index in [1.807, 2.05) is 37.3 Å². The zero-order valence-electron chi connectivity index (χ0n) is 12.6. The number of nitrogens with zero attached hydrogens (tertiary/aromatic N) is 4. The van der Waals surface area contributed by atoms with Crippen LogP contribution in [0.2, 0.25) is 0 Å². The Kier molecular flexibility index (Phi) is 4.20. The number of hydrogen-bond acceptors (Lipinski definition) is 5. The van der Waals surface area contributed by atoms with Gasteiger partial charge in [0.05, 0.1) is 4.90 Å². The molecule has 0 aliphatic rings. The molecule has 1 heterocycles. The van der Waals surface area contributed by atoms with Gasteiger partial charge in [-0.15, -0.1) is 0 Å². The van der Waals surface area contributed by atoms with Gasteiger partial charge in [-0.05, 0) is 41.5 Å². The molecule has 118 valence electrons. The molecule has 0 unspecified atom stereocenters. The van der Waals surface area contributed by atoms with Crippen LogP contribution in [0.4, 0.5) is 0 Å². The molecule has 3 rings (SSSR count). The van der Waals surface area contributed by atoms with E-state index in [1.165, 1.54) is 4.68 Å². The highest BCUT2D eigenvalue weighted by atomic mass is 32.2. The van der Waals surface area contributed by atoms with Crippen molar-refractivity contribution >= 4 is 9.84 Å². The van der Waals surface area contributed by atoms with Crippen LogP contribution in [-0.2, 0) is 22.8 Å². The van der Waals surface area contributed by atoms with Crippen molar-refractivity contribution < 1.29 is 8.42 Å². The summed E-state index contributed by atoms with van der Waals surface area (Å²) in [5, 5.41) is 10.9. The van der Waals surface area contributed by atoms with Crippen LogP contribution in [0.15, 0.2) is 64.6 Å². The minimum Gasteiger partial charge on any atom is -0.216 e. The van der Waals surface area contributed by atoms with Crippen LogP contribution in [0.3, 0.4) is 0 Å². The summed E-state index contributed by atoms with van der Waals surface area (Å²) in [7, 11) is -3.72. The summed E-state index contributed by atoms with van der Waals surface area (Å²) < 4.78 is 26.7. The molecular weight excluding hydrogens is 312 g/mol. The van der Waals surface area contributed by atoms with Crippen LogP contribution >= 0.6 is 0 Å². The predicted octanol–water partition coefficient (Wildman–Crippen LogP) is 2.06. The first-order valence-corrected chi connectivity index (χ1v) is 8.67. The molecule has 0 bridgehead atoms. The van der Waals surface area contributed by atoms with Crippen LogP contribution < -0.4 is 0 Å². The minimum atomic E-state index is -3.72. The fourth-order valence-electron chi connectivity index (χ4n) is 2.23. The van der Waals surface area contributed by atoms with Crippen molar-refractivity contribution in [3.8, 4) is 0 Å². The molecule has 0 fully saturated rings. The Morgan fingerprint density at radius 3 is 2.39 bits per heavy atom. The summed E-state index contributed by atoms with van der Waals surface area (Å²) in [4.78, 5) is 0.193. The smallest absolute Gasteiger partial charge is 0.216 e. The maximum absolute atomic E-state index is 12.7. The van der Waals surface area contributed by atoms with Crippen LogP contribution in [0.1, 0.15) is 11.1 Å². The number of sulfone groups is 1. The van der Waals surface area contributed by atoms with E-state index in [9.17, 15) is 8.42 Å². The molecule has 0 aliphatic carbocycles. The second kappa shape index (κ2) is 6.29. The lowest BCUT2D eigenvalue weighted by Gasteiger charge is -2.06. The van der Waals surface area contributed by atoms with E-state index < -0.39 is 9.84 Å². The Bertz CT molecular complexity index is 887. The second-order valence-corrected chi connectivity index (χ2v) is 7.08. The van der Waals surface area contributed by atoms with Crippen LogP contribution in [-0.4, -0.2) is 28.6 Å². The lowest BCUT2D eigenvalue weighted by atomic mass is 10.2. The van der Waals surface area contributed by atoms with Gasteiger partial charge in [0.25, 0.3) is 5.16 Å². The number of tetrazole rings is 1. The highest BCUT2D eigenvalue weighted by Crippen LogP contribution is 2.18. The maximum atomic E-state index is 12.7. The molecule has 0 amide bonds. The fourth-order valence-corrected chi connectivity index (χ4v) is 3.49. The van der Waals surface area contributed by atoms with Gasteiger partial charge in [-0.25, -0.2) is 13.1 Å². The molecule has 0 spiro atoms. The standard InChI is InChI=1S/C16H16N4O2S/c1-13-7-9-15(10-8-13)23(21,22)16-17-18-19-20(16)12-11-14-5-3-2-4-6-14/h2-10H,11-12H2,1H3. The first-order chi connectivity index (χ1) is 11.1. The monoisotopic (exact) mass is 328 g/mol. The summed E-state index contributed by atoms with van der Waals surface area (Å²) in [6.07, 6.45) is 0.655. The third-order valence-electron chi connectivity index (χ3n) is 3.53. The van der Waals surface area contributed by atoms with Gasteiger partial charge in [0.1, 0.15) is 0 Å². The molecule has 2 aromatic carbocycles. The van der Waals surface area contributed by atoms with E-state index in [0.29, 0.717) is 13.0 Å². The Labute approximate surface area is 134 Å². The molecule has 3 aromatic rings. The molecule has 0 N–H and O–H groups in total. The fraction of sp³-hybridized carbons (Fsp3) is 0.188. The first-order valence-electron chi connectivity index (χ1n) is 7.19. The van der Waals surface area contributed by atoms with Crippen molar-refractivity contribution in [2.75, 3.05) is 0 Å². The topological polar surface area (TPSA) is 77.7 Å². The second-order valence-electron chi connectivity index (χ2n) is 5.24. The Morgan fingerprint density at radius 1 is 1.00 bits per heavy atom. The van der Waals surface area contributed by atoms with Crippen molar-refractivity contribution in [3.05, 3.63) is 65.7 Å². The van der Waals surface area contributed by atoms with Gasteiger partial charge in [-0.3, -0.25) is 0 Å². The summed E-state index contributed by atoms with van der Waals surface area (Å²) in [5.74, 6) is 0. The van der Waals surface area contributed by atoms with E-state index >= 15 is 0 Å². The number of benzene rings is 2. The summed E-state index contributed by atoms with van der Waals surface area (Å²) in [6.45, 7) is 2.30. The Balaban J connectivity index is 1.86. The third kappa shape index (κ3) is 3.29. The Morgan fingerprint density at radius 2 is 1.70 bits per heavy atom. The van der Waals surface area contributed by atoms with Gasteiger partial charge >= 0.3 is 0 Å². The molecule has 6 nitrogen and oxygen atoms in total. The zero-order valence-corrected chi connectivity index (χ0v) is 13.4. The van der Waals surface area contributed by atoms with E-state index in [0.717, 1.165) is 11.1 Å². The van der Waals surface area contributed by atoms with E-state index in [2.05, 4.69) is 15.5 Å². The van der Waals surface area contributed by atoms with Gasteiger partial charge < -0.3 is 0 Å². The largest absolute Gasteiger partial charge is 0.272 e. The number of aryl methyl sites for hydroxylation is 3. The highest BCUT2D eigenvalue weighted by molar-refractivity contribution is 7.91. The zero-order chi connectivity index (χ0) is 16.3. The molecule has 0 radical (unpaired) electrons. The van der Waals surface area contributed by atoms with E-state index in [4.69, 9.17) is 0 Å². The number of hydrogen-bond donors (Lipinski definition) is 0. The van der Waals surface area contributed by atoms with Gasteiger partial charge in [-0.1, -0.05) is 53.1 Å². The van der Waals surface area contributed by atoms with Gasteiger partial charge in [0.2, 0.25) is 9.84 Å². The molecular formula is C16H16N4O2S. The summed E-state index contributed by atoms with van der Waals surface area (Å²) in [6, 6.07) is 16.4. The lowest BCUT2D eigenvalue weighted by molar-refractivity contribution is 0.522. The molecule has 23 heavy (non-hydrogen) atoms. The third-order valence-corrected chi connectivity index (χ3v) is 5.19. The van der Waals surface area contributed by atoms with Crippen molar-refractivity contribution in [2.24, 2.45) is 0 Å². The van der Waals surface area contributed by atoms with Gasteiger partial charge in [0, 0.05) is 6.54 Å². The Hall–Kier alpha value is -2.54. The molecule has 0 saturated heterocycles.